The minimum Gasteiger partial charge on any atom is -0.459 e. The number of aryl methyl sites for hydroxylation is 2. The Bertz CT molecular complexity index is 1490. The number of rotatable bonds is 7. The molecule has 4 rings (SSSR count). The van der Waals surface area contributed by atoms with Gasteiger partial charge in [0.1, 0.15) is 16.5 Å². The van der Waals surface area contributed by atoms with Crippen LogP contribution in [0.1, 0.15) is 45.7 Å². The van der Waals surface area contributed by atoms with Crippen molar-refractivity contribution in [1.82, 2.24) is 0 Å². The molecule has 1 heterocycles. The highest BCUT2D eigenvalue weighted by Gasteiger charge is 2.39. The highest BCUT2D eigenvalue weighted by molar-refractivity contribution is 6.53. The number of hydrogen-bond donors (Lipinski definition) is 1. The molecule has 1 aliphatic rings. The largest absolute Gasteiger partial charge is 0.459 e. The summed E-state index contributed by atoms with van der Waals surface area (Å²) in [5, 5.41) is 3.17. The summed E-state index contributed by atoms with van der Waals surface area (Å²) in [6.07, 6.45) is -0.285. The van der Waals surface area contributed by atoms with Crippen molar-refractivity contribution < 1.29 is 28.7 Å². The Balaban J connectivity index is 1.45. The van der Waals surface area contributed by atoms with Crippen molar-refractivity contribution >= 4 is 58.3 Å². The number of amides is 2. The van der Waals surface area contributed by atoms with Crippen molar-refractivity contribution in [2.75, 3.05) is 10.2 Å². The Morgan fingerprint density at radius 1 is 0.821 bits per heavy atom. The van der Waals surface area contributed by atoms with Crippen molar-refractivity contribution in [2.24, 2.45) is 0 Å². The summed E-state index contributed by atoms with van der Waals surface area (Å²) >= 11 is 12.4. The fourth-order valence-electron chi connectivity index (χ4n) is 3.84. The van der Waals surface area contributed by atoms with Crippen molar-refractivity contribution in [2.45, 2.75) is 33.8 Å². The Morgan fingerprint density at radius 3 is 1.92 bits per heavy atom. The molecule has 0 radical (unpaired) electrons. The van der Waals surface area contributed by atoms with Crippen molar-refractivity contribution in [3.63, 3.8) is 0 Å². The second-order valence-corrected chi connectivity index (χ2v) is 9.85. The second kappa shape index (κ2) is 11.3. The Kier molecular flexibility index (Phi) is 8.09. The van der Waals surface area contributed by atoms with E-state index in [0.717, 1.165) is 16.0 Å². The van der Waals surface area contributed by atoms with Gasteiger partial charge in [-0.2, -0.15) is 0 Å². The first kappa shape index (κ1) is 27.9. The molecule has 200 valence electrons. The molecule has 0 saturated heterocycles. The lowest BCUT2D eigenvalue weighted by atomic mass is 10.1. The Labute approximate surface area is 235 Å². The average Bonchev–Trinajstić information content (AvgIpc) is 3.10. The molecular weight excluding hydrogens is 543 g/mol. The van der Waals surface area contributed by atoms with Gasteiger partial charge in [0, 0.05) is 10.7 Å². The van der Waals surface area contributed by atoms with Gasteiger partial charge in [0.15, 0.2) is 0 Å². The van der Waals surface area contributed by atoms with Gasteiger partial charge in [0.2, 0.25) is 0 Å². The number of nitrogens with one attached hydrogen (secondary N) is 1. The first-order chi connectivity index (χ1) is 18.5. The van der Waals surface area contributed by atoms with E-state index in [2.05, 4.69) is 5.32 Å². The lowest BCUT2D eigenvalue weighted by Crippen LogP contribution is -2.32. The number of esters is 2. The fourth-order valence-corrected chi connectivity index (χ4v) is 4.16. The highest BCUT2D eigenvalue weighted by Crippen LogP contribution is 2.31. The fraction of sp³-hybridized carbons (Fsp3) is 0.172. The molecule has 8 nitrogen and oxygen atoms in total. The first-order valence-electron chi connectivity index (χ1n) is 11.9. The first-order valence-corrected chi connectivity index (χ1v) is 12.7. The minimum absolute atomic E-state index is 0.118. The number of carbonyl (C=O) groups is 4. The third-order valence-electron chi connectivity index (χ3n) is 5.74. The summed E-state index contributed by atoms with van der Waals surface area (Å²) in [4.78, 5) is 51.4. The minimum atomic E-state index is -0.713. The number of halogens is 2. The maximum absolute atomic E-state index is 13.1. The standard InChI is InChI=1S/C29H24Cl2N2O6/c1-15(2)38-28(36)19-7-11-21(12-8-19)33-26(34)24(31)25(27(33)35)32-20-9-5-18(6-10-20)29(37)39-22-13-16(3)23(30)17(4)14-22/h5-15,32H,1-4H3. The number of carbonyl (C=O) groups excluding carboxylic acids is 4. The Hall–Kier alpha value is -4.14. The molecule has 0 fully saturated rings. The van der Waals surface area contributed by atoms with Crippen LogP contribution >= 0.6 is 23.2 Å². The molecule has 0 aromatic heterocycles. The van der Waals surface area contributed by atoms with Gasteiger partial charge in [0.25, 0.3) is 11.8 Å². The van der Waals surface area contributed by atoms with Gasteiger partial charge in [0.05, 0.1) is 22.9 Å². The molecule has 3 aromatic rings. The maximum atomic E-state index is 13.1. The molecule has 0 spiro atoms. The molecule has 0 saturated carbocycles. The van der Waals surface area contributed by atoms with E-state index in [0.29, 0.717) is 16.5 Å². The normalized spacial score (nSPS) is 13.3. The predicted octanol–water partition coefficient (Wildman–Crippen LogP) is 6.18. The number of benzene rings is 3. The molecule has 1 N–H and O–H groups in total. The van der Waals surface area contributed by atoms with Crippen molar-refractivity contribution in [3.8, 4) is 5.75 Å². The van der Waals surface area contributed by atoms with E-state index in [-0.39, 0.29) is 33.6 Å². The highest BCUT2D eigenvalue weighted by atomic mass is 35.5. The lowest BCUT2D eigenvalue weighted by Gasteiger charge is -2.16. The number of nitrogens with zero attached hydrogens (tertiary/aromatic N) is 1. The van der Waals surface area contributed by atoms with E-state index in [1.54, 1.807) is 38.1 Å². The predicted molar refractivity (Wildman–Crippen MR) is 148 cm³/mol. The van der Waals surface area contributed by atoms with Crippen LogP contribution in [0, 0.1) is 13.8 Å². The van der Waals surface area contributed by atoms with Gasteiger partial charge in [-0.25, -0.2) is 14.5 Å². The smallest absolute Gasteiger partial charge is 0.343 e. The summed E-state index contributed by atoms with van der Waals surface area (Å²) < 4.78 is 10.6. The van der Waals surface area contributed by atoms with Crippen LogP contribution < -0.4 is 15.0 Å². The summed E-state index contributed by atoms with van der Waals surface area (Å²) in [5.74, 6) is -2.09. The van der Waals surface area contributed by atoms with E-state index in [1.807, 2.05) is 13.8 Å². The molecule has 0 atom stereocenters. The number of hydrogen-bond acceptors (Lipinski definition) is 7. The van der Waals surface area contributed by atoms with Crippen molar-refractivity contribution in [1.29, 1.82) is 0 Å². The van der Waals surface area contributed by atoms with Crippen LogP contribution in [-0.2, 0) is 14.3 Å². The third kappa shape index (κ3) is 5.97. The van der Waals surface area contributed by atoms with Gasteiger partial charge in [-0.1, -0.05) is 23.2 Å². The van der Waals surface area contributed by atoms with Crippen LogP contribution in [0.5, 0.6) is 5.75 Å². The van der Waals surface area contributed by atoms with Crippen LogP contribution in [0.25, 0.3) is 0 Å². The molecule has 2 amide bonds. The van der Waals surface area contributed by atoms with E-state index in [4.69, 9.17) is 32.7 Å². The SMILES string of the molecule is Cc1cc(OC(=O)c2ccc(NC3=C(Cl)C(=O)N(c4ccc(C(=O)OC(C)C)cc4)C3=O)cc2)cc(C)c1Cl. The van der Waals surface area contributed by atoms with Crippen LogP contribution in [0.4, 0.5) is 11.4 Å². The Morgan fingerprint density at radius 2 is 1.36 bits per heavy atom. The monoisotopic (exact) mass is 566 g/mol. The van der Waals surface area contributed by atoms with Crippen LogP contribution in [0.15, 0.2) is 71.4 Å². The summed E-state index contributed by atoms with van der Waals surface area (Å²) in [6.45, 7) is 7.11. The number of anilines is 2. The third-order valence-corrected chi connectivity index (χ3v) is 6.69. The molecule has 0 unspecified atom stereocenters. The van der Waals surface area contributed by atoms with Gasteiger partial charge >= 0.3 is 11.9 Å². The molecule has 10 heteroatoms. The summed E-state index contributed by atoms with van der Waals surface area (Å²) in [6, 6.07) is 15.4. The molecule has 1 aliphatic heterocycles. The molecule has 0 bridgehead atoms. The summed E-state index contributed by atoms with van der Waals surface area (Å²) in [7, 11) is 0. The second-order valence-electron chi connectivity index (χ2n) is 9.10. The average molecular weight is 567 g/mol. The maximum Gasteiger partial charge on any atom is 0.343 e. The summed E-state index contributed by atoms with van der Waals surface area (Å²) in [5.41, 5.74) is 2.69. The quantitative estimate of drug-likeness (QED) is 0.207. The van der Waals surface area contributed by atoms with Crippen LogP contribution in [0.3, 0.4) is 0 Å². The van der Waals surface area contributed by atoms with Crippen LogP contribution in [0.2, 0.25) is 5.02 Å². The van der Waals surface area contributed by atoms with Crippen LogP contribution in [-0.4, -0.2) is 29.9 Å². The van der Waals surface area contributed by atoms with E-state index < -0.39 is 23.8 Å². The zero-order valence-corrected chi connectivity index (χ0v) is 23.0. The zero-order valence-electron chi connectivity index (χ0n) is 21.5. The molecule has 39 heavy (non-hydrogen) atoms. The van der Waals surface area contributed by atoms with Gasteiger partial charge in [-0.3, -0.25) is 9.59 Å². The molecule has 3 aromatic carbocycles. The lowest BCUT2D eigenvalue weighted by molar-refractivity contribution is -0.120. The van der Waals surface area contributed by atoms with Gasteiger partial charge in [-0.05, 0) is 99.5 Å². The number of imide groups is 1. The van der Waals surface area contributed by atoms with Crippen molar-refractivity contribution in [3.05, 3.63) is 98.7 Å². The van der Waals surface area contributed by atoms with Gasteiger partial charge < -0.3 is 14.8 Å². The zero-order chi connectivity index (χ0) is 28.4. The van der Waals surface area contributed by atoms with E-state index >= 15 is 0 Å². The number of ether oxygens (including phenoxy) is 2. The topological polar surface area (TPSA) is 102 Å². The van der Waals surface area contributed by atoms with E-state index in [1.165, 1.54) is 36.4 Å². The van der Waals surface area contributed by atoms with Gasteiger partial charge in [-0.15, -0.1) is 0 Å². The molecular formula is C29H24Cl2N2O6. The van der Waals surface area contributed by atoms with E-state index in [9.17, 15) is 19.2 Å². The molecule has 0 aliphatic carbocycles.